The molecule has 0 unspecified atom stereocenters. The molecule has 6 heteroatoms. The molecular formula is C12H17N3O2S. The lowest BCUT2D eigenvalue weighted by molar-refractivity contribution is 0.0870. The van der Waals surface area contributed by atoms with E-state index in [1.165, 1.54) is 0 Å². The molecule has 0 aromatic carbocycles. The highest BCUT2D eigenvalue weighted by molar-refractivity contribution is 7.80. The number of thiocarbonyl (C=S) groups is 1. The molecule has 1 aromatic heterocycles. The number of hydrogen-bond donors (Lipinski definition) is 2. The molecule has 1 amide bonds. The molecule has 0 spiro atoms. The Morgan fingerprint density at radius 2 is 2.17 bits per heavy atom. The van der Waals surface area contributed by atoms with Crippen LogP contribution in [-0.4, -0.2) is 21.6 Å². The van der Waals surface area contributed by atoms with Gasteiger partial charge >= 0.3 is 0 Å². The number of aryl methyl sites for hydroxylation is 1. The number of carbonyl (C=O) groups excluding carboxylic acids is 1. The molecule has 1 heterocycles. The molecule has 18 heavy (non-hydrogen) atoms. The Morgan fingerprint density at radius 1 is 1.50 bits per heavy atom. The molecule has 98 valence electrons. The molecule has 0 radical (unpaired) electrons. The quantitative estimate of drug-likeness (QED) is 0.815. The van der Waals surface area contributed by atoms with Crippen LogP contribution in [0.15, 0.2) is 10.6 Å². The zero-order valence-corrected chi connectivity index (χ0v) is 11.2. The summed E-state index contributed by atoms with van der Waals surface area (Å²) < 4.78 is 4.95. The van der Waals surface area contributed by atoms with E-state index in [2.05, 4.69) is 10.5 Å². The summed E-state index contributed by atoms with van der Waals surface area (Å²) in [5, 5.41) is 6.62. The van der Waals surface area contributed by atoms with E-state index >= 15 is 0 Å². The van der Waals surface area contributed by atoms with Gasteiger partial charge in [0, 0.05) is 6.07 Å². The summed E-state index contributed by atoms with van der Waals surface area (Å²) >= 11 is 5.12. The standard InChI is InChI=1S/C12H17N3O2S/c1-8-7-9(17-15-8)10(16)14-12(11(13)18)5-3-2-4-6-12/h7H,2-6H2,1H3,(H2,13,18)(H,14,16). The van der Waals surface area contributed by atoms with Crippen LogP contribution >= 0.6 is 12.2 Å². The van der Waals surface area contributed by atoms with Gasteiger partial charge in [-0.3, -0.25) is 4.79 Å². The minimum atomic E-state index is -0.564. The average Bonchev–Trinajstić information content (AvgIpc) is 2.77. The van der Waals surface area contributed by atoms with Crippen LogP contribution in [0.3, 0.4) is 0 Å². The number of carbonyl (C=O) groups is 1. The van der Waals surface area contributed by atoms with Crippen LogP contribution in [0.5, 0.6) is 0 Å². The Balaban J connectivity index is 2.14. The van der Waals surface area contributed by atoms with Crippen molar-refractivity contribution in [3.8, 4) is 0 Å². The number of nitrogens with one attached hydrogen (secondary N) is 1. The molecule has 1 aliphatic carbocycles. The van der Waals surface area contributed by atoms with E-state index in [0.717, 1.165) is 32.1 Å². The predicted molar refractivity (Wildman–Crippen MR) is 71.3 cm³/mol. The minimum absolute atomic E-state index is 0.202. The lowest BCUT2D eigenvalue weighted by atomic mass is 9.81. The molecule has 3 N–H and O–H groups in total. The number of aromatic nitrogens is 1. The molecule has 1 fully saturated rings. The van der Waals surface area contributed by atoms with E-state index in [1.807, 2.05) is 0 Å². The largest absolute Gasteiger partial charge is 0.391 e. The van der Waals surface area contributed by atoms with Gasteiger partial charge in [-0.2, -0.15) is 0 Å². The summed E-state index contributed by atoms with van der Waals surface area (Å²) in [6, 6.07) is 1.60. The van der Waals surface area contributed by atoms with Crippen LogP contribution in [-0.2, 0) is 0 Å². The van der Waals surface area contributed by atoms with Crippen LogP contribution in [0, 0.1) is 6.92 Å². The number of hydrogen-bond acceptors (Lipinski definition) is 4. The third-order valence-electron chi connectivity index (χ3n) is 3.38. The highest BCUT2D eigenvalue weighted by Crippen LogP contribution is 2.29. The molecule has 5 nitrogen and oxygen atoms in total. The lowest BCUT2D eigenvalue weighted by Crippen LogP contribution is -2.57. The Bertz CT molecular complexity index is 464. The zero-order valence-electron chi connectivity index (χ0n) is 10.4. The topological polar surface area (TPSA) is 81.2 Å². The predicted octanol–water partition coefficient (Wildman–Crippen LogP) is 1.70. The van der Waals surface area contributed by atoms with Crippen molar-refractivity contribution in [2.75, 3.05) is 0 Å². The fraction of sp³-hybridized carbons (Fsp3) is 0.583. The van der Waals surface area contributed by atoms with Crippen molar-refractivity contribution in [2.24, 2.45) is 5.73 Å². The van der Waals surface area contributed by atoms with Crippen molar-refractivity contribution < 1.29 is 9.32 Å². The second-order valence-electron chi connectivity index (χ2n) is 4.79. The van der Waals surface area contributed by atoms with Gasteiger partial charge in [0.1, 0.15) is 0 Å². The first kappa shape index (κ1) is 13.0. The Kier molecular flexibility index (Phi) is 3.65. The fourth-order valence-electron chi connectivity index (χ4n) is 2.34. The monoisotopic (exact) mass is 267 g/mol. The van der Waals surface area contributed by atoms with Crippen molar-refractivity contribution in [2.45, 2.75) is 44.6 Å². The van der Waals surface area contributed by atoms with Crippen LogP contribution in [0.4, 0.5) is 0 Å². The number of rotatable bonds is 3. The Hall–Kier alpha value is -1.43. The number of amides is 1. The van der Waals surface area contributed by atoms with E-state index in [0.29, 0.717) is 10.7 Å². The van der Waals surface area contributed by atoms with Gasteiger partial charge < -0.3 is 15.6 Å². The zero-order chi connectivity index (χ0) is 13.2. The van der Waals surface area contributed by atoms with Crippen molar-refractivity contribution in [3.05, 3.63) is 17.5 Å². The van der Waals surface area contributed by atoms with Gasteiger partial charge in [0.2, 0.25) is 5.76 Å². The van der Waals surface area contributed by atoms with Crippen molar-refractivity contribution >= 4 is 23.1 Å². The van der Waals surface area contributed by atoms with Crippen molar-refractivity contribution in [1.29, 1.82) is 0 Å². The number of nitrogens with zero attached hydrogens (tertiary/aromatic N) is 1. The maximum atomic E-state index is 12.1. The van der Waals surface area contributed by atoms with Gasteiger partial charge in [-0.15, -0.1) is 0 Å². The SMILES string of the molecule is Cc1cc(C(=O)NC2(C(N)=S)CCCCC2)on1. The third-order valence-corrected chi connectivity index (χ3v) is 3.77. The van der Waals surface area contributed by atoms with Crippen molar-refractivity contribution in [3.63, 3.8) is 0 Å². The molecular weight excluding hydrogens is 250 g/mol. The highest BCUT2D eigenvalue weighted by atomic mass is 32.1. The van der Waals surface area contributed by atoms with E-state index in [9.17, 15) is 4.79 Å². The first-order valence-corrected chi connectivity index (χ1v) is 6.50. The smallest absolute Gasteiger partial charge is 0.290 e. The van der Waals surface area contributed by atoms with Crippen LogP contribution < -0.4 is 11.1 Å². The van der Waals surface area contributed by atoms with Crippen LogP contribution in [0.1, 0.15) is 48.4 Å². The van der Waals surface area contributed by atoms with E-state index < -0.39 is 5.54 Å². The van der Waals surface area contributed by atoms with Crippen LogP contribution in [0.25, 0.3) is 0 Å². The van der Waals surface area contributed by atoms with Gasteiger partial charge in [-0.05, 0) is 19.8 Å². The summed E-state index contributed by atoms with van der Waals surface area (Å²) in [6.07, 6.45) is 4.78. The molecule has 0 saturated heterocycles. The summed E-state index contributed by atoms with van der Waals surface area (Å²) in [5.74, 6) is -0.0981. The first-order valence-electron chi connectivity index (χ1n) is 6.09. The van der Waals surface area contributed by atoms with Gasteiger partial charge in [-0.25, -0.2) is 0 Å². The van der Waals surface area contributed by atoms with E-state index in [1.54, 1.807) is 13.0 Å². The normalized spacial score (nSPS) is 18.3. The Labute approximate surface area is 111 Å². The summed E-state index contributed by atoms with van der Waals surface area (Å²) in [7, 11) is 0. The average molecular weight is 267 g/mol. The van der Waals surface area contributed by atoms with Crippen molar-refractivity contribution in [1.82, 2.24) is 10.5 Å². The lowest BCUT2D eigenvalue weighted by Gasteiger charge is -2.36. The molecule has 1 aromatic rings. The van der Waals surface area contributed by atoms with Gasteiger partial charge in [0.25, 0.3) is 5.91 Å². The molecule has 1 aliphatic rings. The maximum Gasteiger partial charge on any atom is 0.290 e. The molecule has 2 rings (SSSR count). The second kappa shape index (κ2) is 5.06. The fourth-order valence-corrected chi connectivity index (χ4v) is 2.59. The van der Waals surface area contributed by atoms with Gasteiger partial charge in [0.05, 0.1) is 16.2 Å². The number of nitrogens with two attached hydrogens (primary N) is 1. The molecule has 0 bridgehead atoms. The molecule has 0 aliphatic heterocycles. The van der Waals surface area contributed by atoms with E-state index in [4.69, 9.17) is 22.5 Å². The summed E-state index contributed by atoms with van der Waals surface area (Å²) in [6.45, 7) is 1.77. The second-order valence-corrected chi connectivity index (χ2v) is 5.23. The van der Waals surface area contributed by atoms with E-state index in [-0.39, 0.29) is 11.7 Å². The van der Waals surface area contributed by atoms with Gasteiger partial charge in [0.15, 0.2) is 0 Å². The summed E-state index contributed by atoms with van der Waals surface area (Å²) in [4.78, 5) is 12.4. The summed E-state index contributed by atoms with van der Waals surface area (Å²) in [5.41, 5.74) is 5.91. The third kappa shape index (κ3) is 2.53. The minimum Gasteiger partial charge on any atom is -0.391 e. The van der Waals surface area contributed by atoms with Gasteiger partial charge in [-0.1, -0.05) is 36.6 Å². The molecule has 0 atom stereocenters. The Morgan fingerprint density at radius 3 is 2.67 bits per heavy atom. The first-order chi connectivity index (χ1) is 8.53. The maximum absolute atomic E-state index is 12.1. The molecule has 1 saturated carbocycles. The van der Waals surface area contributed by atoms with Crippen LogP contribution in [0.2, 0.25) is 0 Å². The highest BCUT2D eigenvalue weighted by Gasteiger charge is 2.37.